The van der Waals surface area contributed by atoms with E-state index in [1.165, 1.54) is 4.57 Å². The second kappa shape index (κ2) is 6.95. The lowest BCUT2D eigenvalue weighted by Gasteiger charge is -2.11. The summed E-state index contributed by atoms with van der Waals surface area (Å²) in [7, 11) is 0. The lowest BCUT2D eigenvalue weighted by Crippen LogP contribution is -2.30. The standard InChI is InChI=1S/C15H16N2O5/c1-2-22-15(21)12(19)9-13-16-11-6-4-3-5-10(11)14(20)17(13)7-8-18/h3-6,18H,2,7-9H2,1H3. The molecule has 7 nitrogen and oxygen atoms in total. The zero-order chi connectivity index (χ0) is 16.1. The molecule has 0 saturated carbocycles. The number of aromatic nitrogens is 2. The van der Waals surface area contributed by atoms with Crippen LogP contribution in [-0.4, -0.2) is 39.6 Å². The summed E-state index contributed by atoms with van der Waals surface area (Å²) < 4.78 is 5.85. The number of rotatable bonds is 6. The number of aliphatic hydroxyl groups is 1. The number of esters is 1. The van der Waals surface area contributed by atoms with Gasteiger partial charge in [-0.05, 0) is 19.1 Å². The van der Waals surface area contributed by atoms with Gasteiger partial charge >= 0.3 is 5.97 Å². The maximum absolute atomic E-state index is 12.4. The molecule has 0 unspecified atom stereocenters. The minimum Gasteiger partial charge on any atom is -0.460 e. The maximum atomic E-state index is 12.4. The van der Waals surface area contributed by atoms with Crippen LogP contribution in [0.4, 0.5) is 0 Å². The van der Waals surface area contributed by atoms with Crippen molar-refractivity contribution in [3.63, 3.8) is 0 Å². The van der Waals surface area contributed by atoms with Crippen LogP contribution in [0.1, 0.15) is 12.7 Å². The molecule has 1 heterocycles. The minimum absolute atomic E-state index is 0.00209. The van der Waals surface area contributed by atoms with E-state index >= 15 is 0 Å². The predicted octanol–water partition coefficient (Wildman–Crippen LogP) is 0.0635. The molecule has 0 spiro atoms. The average molecular weight is 304 g/mol. The average Bonchev–Trinajstić information content (AvgIpc) is 2.51. The van der Waals surface area contributed by atoms with Gasteiger partial charge in [-0.2, -0.15) is 0 Å². The summed E-state index contributed by atoms with van der Waals surface area (Å²) in [6.07, 6.45) is -0.348. The van der Waals surface area contributed by atoms with Crippen molar-refractivity contribution in [2.75, 3.05) is 13.2 Å². The Kier molecular flexibility index (Phi) is 5.00. The van der Waals surface area contributed by atoms with Crippen molar-refractivity contribution < 1.29 is 19.4 Å². The lowest BCUT2D eigenvalue weighted by atomic mass is 10.2. The fraction of sp³-hybridized carbons (Fsp3) is 0.333. The second-order valence-electron chi connectivity index (χ2n) is 4.55. The summed E-state index contributed by atoms with van der Waals surface area (Å²) in [5.74, 6) is -1.60. The Labute approximate surface area is 126 Å². The molecule has 116 valence electrons. The highest BCUT2D eigenvalue weighted by molar-refractivity contribution is 6.34. The second-order valence-corrected chi connectivity index (χ2v) is 4.55. The lowest BCUT2D eigenvalue weighted by molar-refractivity contribution is -0.153. The van der Waals surface area contributed by atoms with Crippen LogP contribution in [0.2, 0.25) is 0 Å². The molecule has 2 rings (SSSR count). The normalized spacial score (nSPS) is 10.6. The molecule has 0 radical (unpaired) electrons. The SMILES string of the molecule is CCOC(=O)C(=O)Cc1nc2ccccc2c(=O)n1CCO. The molecule has 0 aliphatic heterocycles. The number of fused-ring (bicyclic) bond motifs is 1. The molecule has 0 aliphatic rings. The minimum atomic E-state index is -0.958. The number of para-hydroxylation sites is 1. The van der Waals surface area contributed by atoms with Gasteiger partial charge in [-0.3, -0.25) is 14.2 Å². The molecule has 0 fully saturated rings. The van der Waals surface area contributed by atoms with Crippen molar-refractivity contribution in [2.24, 2.45) is 0 Å². The number of carbonyl (C=O) groups is 2. The summed E-state index contributed by atoms with van der Waals surface area (Å²) in [6, 6.07) is 6.70. The third-order valence-corrected chi connectivity index (χ3v) is 3.09. The Hall–Kier alpha value is -2.54. The van der Waals surface area contributed by atoms with E-state index in [0.717, 1.165) is 0 Å². The Morgan fingerprint density at radius 2 is 2.05 bits per heavy atom. The molecule has 0 aliphatic carbocycles. The molecule has 1 N–H and O–H groups in total. The third-order valence-electron chi connectivity index (χ3n) is 3.09. The molecular weight excluding hydrogens is 288 g/mol. The molecule has 0 amide bonds. The maximum Gasteiger partial charge on any atom is 0.375 e. The summed E-state index contributed by atoms with van der Waals surface area (Å²) >= 11 is 0. The predicted molar refractivity (Wildman–Crippen MR) is 78.4 cm³/mol. The van der Waals surface area contributed by atoms with Crippen molar-refractivity contribution >= 4 is 22.7 Å². The molecular formula is C15H16N2O5. The topological polar surface area (TPSA) is 98.5 Å². The molecule has 1 aromatic carbocycles. The van der Waals surface area contributed by atoms with E-state index in [2.05, 4.69) is 9.72 Å². The Morgan fingerprint density at radius 1 is 1.32 bits per heavy atom. The largest absolute Gasteiger partial charge is 0.460 e. The van der Waals surface area contributed by atoms with E-state index in [-0.39, 0.29) is 37.6 Å². The van der Waals surface area contributed by atoms with Crippen molar-refractivity contribution in [1.29, 1.82) is 0 Å². The Balaban J connectivity index is 2.47. The van der Waals surface area contributed by atoms with Gasteiger partial charge in [-0.1, -0.05) is 12.1 Å². The van der Waals surface area contributed by atoms with E-state index in [9.17, 15) is 14.4 Å². The van der Waals surface area contributed by atoms with E-state index in [4.69, 9.17) is 5.11 Å². The van der Waals surface area contributed by atoms with E-state index in [0.29, 0.717) is 10.9 Å². The van der Waals surface area contributed by atoms with Crippen molar-refractivity contribution in [1.82, 2.24) is 9.55 Å². The smallest absolute Gasteiger partial charge is 0.375 e. The number of nitrogens with zero attached hydrogens (tertiary/aromatic N) is 2. The zero-order valence-corrected chi connectivity index (χ0v) is 12.1. The number of ketones is 1. The monoisotopic (exact) mass is 304 g/mol. The first-order valence-corrected chi connectivity index (χ1v) is 6.87. The number of carbonyl (C=O) groups excluding carboxylic acids is 2. The Morgan fingerprint density at radius 3 is 2.73 bits per heavy atom. The van der Waals surface area contributed by atoms with Crippen molar-refractivity contribution in [3.8, 4) is 0 Å². The van der Waals surface area contributed by atoms with Gasteiger partial charge in [0.15, 0.2) is 0 Å². The van der Waals surface area contributed by atoms with Gasteiger partial charge in [0.25, 0.3) is 5.56 Å². The molecule has 2 aromatic rings. The first kappa shape index (κ1) is 15.8. The molecule has 1 aromatic heterocycles. The van der Waals surface area contributed by atoms with Gasteiger partial charge in [-0.25, -0.2) is 9.78 Å². The van der Waals surface area contributed by atoms with E-state index < -0.39 is 11.8 Å². The summed E-state index contributed by atoms with van der Waals surface area (Å²) in [4.78, 5) is 39.9. The van der Waals surface area contributed by atoms with Crippen molar-refractivity contribution in [3.05, 3.63) is 40.4 Å². The van der Waals surface area contributed by atoms with E-state index in [1.807, 2.05) is 0 Å². The van der Waals surface area contributed by atoms with Gasteiger partial charge < -0.3 is 9.84 Å². The van der Waals surface area contributed by atoms with Gasteiger partial charge in [0, 0.05) is 0 Å². The molecule has 0 saturated heterocycles. The van der Waals surface area contributed by atoms with Crippen LogP contribution in [0.5, 0.6) is 0 Å². The van der Waals surface area contributed by atoms with Crippen LogP contribution < -0.4 is 5.56 Å². The van der Waals surface area contributed by atoms with Gasteiger partial charge in [-0.15, -0.1) is 0 Å². The fourth-order valence-electron chi connectivity index (χ4n) is 2.11. The fourth-order valence-corrected chi connectivity index (χ4v) is 2.11. The highest BCUT2D eigenvalue weighted by atomic mass is 16.5. The van der Waals surface area contributed by atoms with Gasteiger partial charge in [0.05, 0.1) is 37.1 Å². The van der Waals surface area contributed by atoms with Gasteiger partial charge in [0.1, 0.15) is 5.82 Å². The van der Waals surface area contributed by atoms with Crippen LogP contribution in [0, 0.1) is 0 Å². The molecule has 22 heavy (non-hydrogen) atoms. The summed E-state index contributed by atoms with van der Waals surface area (Å²) in [6.45, 7) is 1.42. The number of hydrogen-bond donors (Lipinski definition) is 1. The quantitative estimate of drug-likeness (QED) is 0.599. The van der Waals surface area contributed by atoms with Crippen LogP contribution in [-0.2, 0) is 27.3 Å². The third kappa shape index (κ3) is 3.20. The molecule has 0 bridgehead atoms. The summed E-state index contributed by atoms with van der Waals surface area (Å²) in [5.41, 5.74) is 0.0830. The number of benzene rings is 1. The van der Waals surface area contributed by atoms with Crippen molar-refractivity contribution in [2.45, 2.75) is 19.9 Å². The highest BCUT2D eigenvalue weighted by Gasteiger charge is 2.20. The number of hydrogen-bond acceptors (Lipinski definition) is 6. The summed E-state index contributed by atoms with van der Waals surface area (Å²) in [5, 5.41) is 9.50. The van der Waals surface area contributed by atoms with Crippen LogP contribution >= 0.6 is 0 Å². The number of ether oxygens (including phenoxy) is 1. The highest BCUT2D eigenvalue weighted by Crippen LogP contribution is 2.09. The van der Waals surface area contributed by atoms with Crippen LogP contribution in [0.3, 0.4) is 0 Å². The number of aliphatic hydroxyl groups excluding tert-OH is 1. The molecule has 0 atom stereocenters. The zero-order valence-electron chi connectivity index (χ0n) is 12.1. The van der Waals surface area contributed by atoms with Gasteiger partial charge in [0.2, 0.25) is 5.78 Å². The van der Waals surface area contributed by atoms with Crippen LogP contribution in [0.15, 0.2) is 29.1 Å². The first-order valence-electron chi connectivity index (χ1n) is 6.87. The Bertz CT molecular complexity index is 766. The van der Waals surface area contributed by atoms with Crippen LogP contribution in [0.25, 0.3) is 10.9 Å². The first-order chi connectivity index (χ1) is 10.6. The molecule has 7 heteroatoms. The number of Topliss-reactive ketones (excluding diaryl/α,β-unsaturated/α-hetero) is 1. The van der Waals surface area contributed by atoms with E-state index in [1.54, 1.807) is 31.2 Å².